The standard InChI is InChI=1S/C17H22FNO3/c1-11(6-7-12-4-3-5-14(18)10-12)15(20)19-17(2,16(21)22)13-8-9-13/h3-5,10-11,13H,6-9H2,1-2H3,(H,19,20)(H,21,22)/t11-,17+/m1/s1. The van der Waals surface area contributed by atoms with Crippen molar-refractivity contribution in [2.45, 2.75) is 45.1 Å². The number of nitrogens with one attached hydrogen (secondary N) is 1. The van der Waals surface area contributed by atoms with Gasteiger partial charge in [0.1, 0.15) is 11.4 Å². The maximum Gasteiger partial charge on any atom is 0.329 e. The second-order valence-corrected chi connectivity index (χ2v) is 6.34. The predicted octanol–water partition coefficient (Wildman–Crippen LogP) is 2.76. The molecule has 1 fully saturated rings. The number of carbonyl (C=O) groups excluding carboxylic acids is 1. The Bertz CT molecular complexity index is 571. The fourth-order valence-corrected chi connectivity index (χ4v) is 2.58. The van der Waals surface area contributed by atoms with Crippen LogP contribution in [-0.2, 0) is 16.0 Å². The summed E-state index contributed by atoms with van der Waals surface area (Å²) in [5.41, 5.74) is -0.340. The highest BCUT2D eigenvalue weighted by Crippen LogP contribution is 2.39. The highest BCUT2D eigenvalue weighted by atomic mass is 19.1. The number of hydrogen-bond acceptors (Lipinski definition) is 2. The van der Waals surface area contributed by atoms with Crippen LogP contribution in [0.25, 0.3) is 0 Å². The van der Waals surface area contributed by atoms with E-state index in [1.54, 1.807) is 19.9 Å². The van der Waals surface area contributed by atoms with Crippen LogP contribution in [0, 0.1) is 17.7 Å². The first-order chi connectivity index (χ1) is 10.3. The van der Waals surface area contributed by atoms with Gasteiger partial charge in [0.2, 0.25) is 5.91 Å². The third-order valence-electron chi connectivity index (χ3n) is 4.42. The highest BCUT2D eigenvalue weighted by Gasteiger charge is 2.48. The maximum atomic E-state index is 13.1. The number of carboxylic acid groups (broad SMARTS) is 1. The molecule has 0 aromatic heterocycles. The van der Waals surface area contributed by atoms with E-state index in [2.05, 4.69) is 5.32 Å². The molecular formula is C17H22FNO3. The van der Waals surface area contributed by atoms with E-state index in [-0.39, 0.29) is 23.6 Å². The predicted molar refractivity (Wildman–Crippen MR) is 80.8 cm³/mol. The zero-order valence-corrected chi connectivity index (χ0v) is 12.9. The number of aryl methyl sites for hydroxylation is 1. The Labute approximate surface area is 129 Å². The van der Waals surface area contributed by atoms with Gasteiger partial charge in [-0.3, -0.25) is 4.79 Å². The Hall–Kier alpha value is -1.91. The van der Waals surface area contributed by atoms with Crippen LogP contribution in [0.1, 0.15) is 38.7 Å². The lowest BCUT2D eigenvalue weighted by atomic mass is 9.93. The van der Waals surface area contributed by atoms with Crippen LogP contribution in [0.15, 0.2) is 24.3 Å². The van der Waals surface area contributed by atoms with Crippen molar-refractivity contribution >= 4 is 11.9 Å². The van der Waals surface area contributed by atoms with Crippen molar-refractivity contribution in [2.24, 2.45) is 11.8 Å². The Balaban J connectivity index is 1.90. The first-order valence-electron chi connectivity index (χ1n) is 7.63. The number of hydrogen-bond donors (Lipinski definition) is 2. The molecule has 0 spiro atoms. The number of carboxylic acids is 1. The second-order valence-electron chi connectivity index (χ2n) is 6.34. The van der Waals surface area contributed by atoms with Crippen molar-refractivity contribution in [3.05, 3.63) is 35.6 Å². The monoisotopic (exact) mass is 307 g/mol. The van der Waals surface area contributed by atoms with Crippen molar-refractivity contribution in [1.82, 2.24) is 5.32 Å². The molecule has 4 nitrogen and oxygen atoms in total. The average Bonchev–Trinajstić information content (AvgIpc) is 3.29. The number of halogens is 1. The molecule has 1 aliphatic carbocycles. The molecule has 0 heterocycles. The summed E-state index contributed by atoms with van der Waals surface area (Å²) >= 11 is 0. The second kappa shape index (κ2) is 6.46. The molecule has 0 aliphatic heterocycles. The summed E-state index contributed by atoms with van der Waals surface area (Å²) in [6.45, 7) is 3.34. The summed E-state index contributed by atoms with van der Waals surface area (Å²) in [5, 5.41) is 12.0. The minimum Gasteiger partial charge on any atom is -0.480 e. The minimum atomic E-state index is -1.18. The zero-order chi connectivity index (χ0) is 16.3. The number of amides is 1. The fourth-order valence-electron chi connectivity index (χ4n) is 2.58. The molecule has 22 heavy (non-hydrogen) atoms. The molecule has 1 aliphatic rings. The smallest absolute Gasteiger partial charge is 0.329 e. The van der Waals surface area contributed by atoms with Gasteiger partial charge in [-0.2, -0.15) is 0 Å². The Morgan fingerprint density at radius 1 is 1.45 bits per heavy atom. The van der Waals surface area contributed by atoms with Gasteiger partial charge >= 0.3 is 5.97 Å². The molecule has 5 heteroatoms. The van der Waals surface area contributed by atoms with Gasteiger partial charge in [-0.25, -0.2) is 9.18 Å². The van der Waals surface area contributed by atoms with E-state index in [9.17, 15) is 19.1 Å². The van der Waals surface area contributed by atoms with Crippen LogP contribution < -0.4 is 5.32 Å². The SMILES string of the molecule is C[C@H](CCc1cccc(F)c1)C(=O)N[C@](C)(C(=O)O)C1CC1. The summed E-state index contributed by atoms with van der Waals surface area (Å²) in [6, 6.07) is 6.30. The van der Waals surface area contributed by atoms with E-state index < -0.39 is 11.5 Å². The van der Waals surface area contributed by atoms with E-state index in [1.807, 2.05) is 6.07 Å². The molecule has 1 aromatic rings. The van der Waals surface area contributed by atoms with Crippen LogP contribution in [0.5, 0.6) is 0 Å². The first kappa shape index (κ1) is 16.5. The lowest BCUT2D eigenvalue weighted by Gasteiger charge is -2.27. The number of benzene rings is 1. The molecule has 0 bridgehead atoms. The van der Waals surface area contributed by atoms with Gasteiger partial charge in [-0.05, 0) is 56.2 Å². The van der Waals surface area contributed by atoms with Crippen molar-refractivity contribution in [3.8, 4) is 0 Å². The van der Waals surface area contributed by atoms with E-state index in [4.69, 9.17) is 0 Å². The number of rotatable bonds is 7. The molecular weight excluding hydrogens is 285 g/mol. The van der Waals surface area contributed by atoms with Crippen molar-refractivity contribution in [3.63, 3.8) is 0 Å². The Kier molecular flexibility index (Phi) is 4.84. The van der Waals surface area contributed by atoms with Gasteiger partial charge in [0, 0.05) is 5.92 Å². The highest BCUT2D eigenvalue weighted by molar-refractivity contribution is 5.88. The van der Waals surface area contributed by atoms with Crippen LogP contribution in [0.4, 0.5) is 4.39 Å². The lowest BCUT2D eigenvalue weighted by Crippen LogP contribution is -2.55. The fraction of sp³-hybridized carbons (Fsp3) is 0.529. The van der Waals surface area contributed by atoms with Crippen molar-refractivity contribution < 1.29 is 19.1 Å². The quantitative estimate of drug-likeness (QED) is 0.814. The zero-order valence-electron chi connectivity index (χ0n) is 12.9. The van der Waals surface area contributed by atoms with Crippen molar-refractivity contribution in [1.29, 1.82) is 0 Å². The van der Waals surface area contributed by atoms with Gasteiger partial charge in [0.25, 0.3) is 0 Å². The third-order valence-corrected chi connectivity index (χ3v) is 4.42. The molecule has 1 saturated carbocycles. The molecule has 2 atom stereocenters. The van der Waals surface area contributed by atoms with E-state index in [1.165, 1.54) is 12.1 Å². The van der Waals surface area contributed by atoms with Gasteiger partial charge in [-0.1, -0.05) is 19.1 Å². The van der Waals surface area contributed by atoms with Gasteiger partial charge in [-0.15, -0.1) is 0 Å². The molecule has 0 saturated heterocycles. The maximum absolute atomic E-state index is 13.1. The van der Waals surface area contributed by atoms with Gasteiger partial charge < -0.3 is 10.4 Å². The van der Waals surface area contributed by atoms with Crippen LogP contribution in [0.3, 0.4) is 0 Å². The topological polar surface area (TPSA) is 66.4 Å². The molecule has 2 rings (SSSR count). The van der Waals surface area contributed by atoms with Crippen molar-refractivity contribution in [2.75, 3.05) is 0 Å². The summed E-state index contributed by atoms with van der Waals surface area (Å²) < 4.78 is 13.1. The normalized spacial score (nSPS) is 18.3. The largest absolute Gasteiger partial charge is 0.480 e. The van der Waals surface area contributed by atoms with E-state index in [0.29, 0.717) is 12.8 Å². The number of carbonyl (C=O) groups is 2. The molecule has 0 radical (unpaired) electrons. The van der Waals surface area contributed by atoms with Gasteiger partial charge in [0.15, 0.2) is 0 Å². The Morgan fingerprint density at radius 2 is 2.14 bits per heavy atom. The Morgan fingerprint density at radius 3 is 2.68 bits per heavy atom. The average molecular weight is 307 g/mol. The third kappa shape index (κ3) is 3.84. The molecule has 2 N–H and O–H groups in total. The van der Waals surface area contributed by atoms with Gasteiger partial charge in [0.05, 0.1) is 0 Å². The summed E-state index contributed by atoms with van der Waals surface area (Å²) in [5.74, 6) is -1.83. The molecule has 1 amide bonds. The van der Waals surface area contributed by atoms with Crippen LogP contribution in [0.2, 0.25) is 0 Å². The van der Waals surface area contributed by atoms with E-state index in [0.717, 1.165) is 18.4 Å². The number of aliphatic carboxylic acids is 1. The summed E-state index contributed by atoms with van der Waals surface area (Å²) in [7, 11) is 0. The molecule has 1 aromatic carbocycles. The summed E-state index contributed by atoms with van der Waals surface area (Å²) in [6.07, 6.45) is 2.80. The molecule has 120 valence electrons. The van der Waals surface area contributed by atoms with E-state index >= 15 is 0 Å². The molecule has 0 unspecified atom stereocenters. The summed E-state index contributed by atoms with van der Waals surface area (Å²) in [4.78, 5) is 23.7. The van der Waals surface area contributed by atoms with Crippen LogP contribution >= 0.6 is 0 Å². The van der Waals surface area contributed by atoms with Crippen LogP contribution in [-0.4, -0.2) is 22.5 Å². The lowest BCUT2D eigenvalue weighted by molar-refractivity contribution is -0.148. The minimum absolute atomic E-state index is 0.0179. The first-order valence-corrected chi connectivity index (χ1v) is 7.63.